The number of likely N-dealkylation sites (tertiary alicyclic amines) is 1. The molecule has 0 unspecified atom stereocenters. The highest BCUT2D eigenvalue weighted by Crippen LogP contribution is 2.37. The van der Waals surface area contributed by atoms with Gasteiger partial charge in [-0.2, -0.15) is 0 Å². The molecule has 0 radical (unpaired) electrons. The van der Waals surface area contributed by atoms with Gasteiger partial charge in [-0.15, -0.1) is 11.3 Å². The average molecular weight is 549 g/mol. The minimum atomic E-state index is 0. The van der Waals surface area contributed by atoms with E-state index in [9.17, 15) is 4.79 Å². The molecular formula is C27H34BrNO4S. The maximum absolute atomic E-state index is 12.9. The molecule has 2 aromatic carbocycles. The smallest absolute Gasteiger partial charge is 0.172 e. The van der Waals surface area contributed by atoms with E-state index in [1.165, 1.54) is 12.8 Å². The molecule has 0 saturated carbocycles. The molecule has 1 aromatic heterocycles. The number of halogens is 1. The molecule has 2 heterocycles. The van der Waals surface area contributed by atoms with E-state index < -0.39 is 0 Å². The van der Waals surface area contributed by atoms with Crippen molar-refractivity contribution in [2.24, 2.45) is 5.92 Å². The Morgan fingerprint density at radius 3 is 2.38 bits per heavy atom. The van der Waals surface area contributed by atoms with Crippen molar-refractivity contribution >= 4 is 27.2 Å². The molecule has 0 bridgehead atoms. The standard InChI is InChI=1S/C27H34NO4S.BrH/c1-28(15-16-32-22-7-5-4-6-8-22)13-11-20(12-14-28)9-10-23(29)27-18-21-17-24(30-2)25(31-3)19-26(21)33-27;/h4-8,17-20H,9-16H2,1-3H3;1H/q+1;/p-1. The number of methoxy groups -OCH3 is 2. The van der Waals surface area contributed by atoms with Crippen molar-refractivity contribution in [3.63, 3.8) is 0 Å². The molecule has 3 aromatic rings. The number of para-hydroxylation sites is 1. The molecule has 34 heavy (non-hydrogen) atoms. The molecule has 0 amide bonds. The third kappa shape index (κ3) is 6.52. The van der Waals surface area contributed by atoms with Gasteiger partial charge < -0.3 is 35.7 Å². The van der Waals surface area contributed by atoms with Crippen molar-refractivity contribution < 1.29 is 40.5 Å². The largest absolute Gasteiger partial charge is 1.00 e. The predicted molar refractivity (Wildman–Crippen MR) is 134 cm³/mol. The van der Waals surface area contributed by atoms with Crippen molar-refractivity contribution in [2.75, 3.05) is 47.5 Å². The van der Waals surface area contributed by atoms with Crippen LogP contribution in [0.1, 0.15) is 35.4 Å². The van der Waals surface area contributed by atoms with Gasteiger partial charge in [0.05, 0.1) is 39.2 Å². The van der Waals surface area contributed by atoms with Crippen molar-refractivity contribution in [1.82, 2.24) is 0 Å². The van der Waals surface area contributed by atoms with Crippen LogP contribution in [0.25, 0.3) is 10.1 Å². The number of likely N-dealkylation sites (N-methyl/N-ethyl adjacent to an activating group) is 1. The highest BCUT2D eigenvalue weighted by molar-refractivity contribution is 7.20. The monoisotopic (exact) mass is 547 g/mol. The third-order valence-corrected chi connectivity index (χ3v) is 8.01. The molecule has 7 heteroatoms. The van der Waals surface area contributed by atoms with Gasteiger partial charge in [-0.1, -0.05) is 18.2 Å². The Hall–Kier alpha value is -2.09. The number of piperidine rings is 1. The van der Waals surface area contributed by atoms with E-state index in [0.717, 1.165) is 57.9 Å². The summed E-state index contributed by atoms with van der Waals surface area (Å²) in [6, 6.07) is 15.9. The van der Waals surface area contributed by atoms with Crippen LogP contribution < -0.4 is 31.2 Å². The maximum Gasteiger partial charge on any atom is 0.172 e. The summed E-state index contributed by atoms with van der Waals surface area (Å²) in [6.07, 6.45) is 3.94. The van der Waals surface area contributed by atoms with Crippen molar-refractivity contribution in [1.29, 1.82) is 0 Å². The molecule has 0 atom stereocenters. The molecule has 1 saturated heterocycles. The summed E-state index contributed by atoms with van der Waals surface area (Å²) in [5, 5.41) is 1.03. The molecule has 5 nitrogen and oxygen atoms in total. The lowest BCUT2D eigenvalue weighted by Gasteiger charge is -2.40. The second kappa shape index (κ2) is 12.0. The molecule has 1 fully saturated rings. The van der Waals surface area contributed by atoms with Crippen LogP contribution in [0.15, 0.2) is 48.5 Å². The van der Waals surface area contributed by atoms with E-state index in [1.807, 2.05) is 48.5 Å². The lowest BCUT2D eigenvalue weighted by atomic mass is 9.90. The van der Waals surface area contributed by atoms with Crippen LogP contribution in [0.3, 0.4) is 0 Å². The predicted octanol–water partition coefficient (Wildman–Crippen LogP) is 2.82. The van der Waals surface area contributed by atoms with E-state index in [0.29, 0.717) is 23.8 Å². The minimum Gasteiger partial charge on any atom is -1.00 e. The first-order valence-electron chi connectivity index (χ1n) is 11.7. The molecule has 1 aliphatic rings. The third-order valence-electron chi connectivity index (χ3n) is 6.87. The number of ketones is 1. The number of hydrogen-bond acceptors (Lipinski definition) is 5. The summed E-state index contributed by atoms with van der Waals surface area (Å²) in [5.74, 6) is 3.20. The summed E-state index contributed by atoms with van der Waals surface area (Å²) in [6.45, 7) is 4.07. The number of ether oxygens (including phenoxy) is 3. The quantitative estimate of drug-likeness (QED) is 0.289. The first-order chi connectivity index (χ1) is 16.0. The van der Waals surface area contributed by atoms with E-state index in [-0.39, 0.29) is 22.8 Å². The lowest BCUT2D eigenvalue weighted by molar-refractivity contribution is -0.915. The van der Waals surface area contributed by atoms with Crippen LogP contribution in [-0.2, 0) is 0 Å². The van der Waals surface area contributed by atoms with E-state index in [2.05, 4.69) is 7.05 Å². The van der Waals surface area contributed by atoms with Crippen LogP contribution in [0.2, 0.25) is 0 Å². The number of rotatable bonds is 10. The van der Waals surface area contributed by atoms with E-state index in [4.69, 9.17) is 14.2 Å². The molecule has 0 spiro atoms. The highest BCUT2D eigenvalue weighted by atomic mass is 79.9. The van der Waals surface area contributed by atoms with Crippen molar-refractivity contribution in [3.8, 4) is 17.2 Å². The maximum atomic E-state index is 12.9. The van der Waals surface area contributed by atoms with Gasteiger partial charge in [0.15, 0.2) is 17.3 Å². The molecular weight excluding hydrogens is 514 g/mol. The minimum absolute atomic E-state index is 0. The van der Waals surface area contributed by atoms with Crippen LogP contribution in [0, 0.1) is 5.92 Å². The number of Topliss-reactive ketones (excluding diaryl/α,β-unsaturated/α-hetero) is 1. The van der Waals surface area contributed by atoms with E-state index >= 15 is 0 Å². The summed E-state index contributed by atoms with van der Waals surface area (Å²) < 4.78 is 18.8. The van der Waals surface area contributed by atoms with Gasteiger partial charge >= 0.3 is 0 Å². The second-order valence-electron chi connectivity index (χ2n) is 9.21. The zero-order valence-electron chi connectivity index (χ0n) is 20.2. The number of carbonyl (C=O) groups excluding carboxylic acids is 1. The summed E-state index contributed by atoms with van der Waals surface area (Å²) in [7, 11) is 5.59. The number of hydrogen-bond donors (Lipinski definition) is 0. The first-order valence-corrected chi connectivity index (χ1v) is 12.5. The summed E-state index contributed by atoms with van der Waals surface area (Å²) >= 11 is 1.55. The Kier molecular flexibility index (Phi) is 9.39. The van der Waals surface area contributed by atoms with Gasteiger partial charge in [-0.05, 0) is 54.8 Å². The van der Waals surface area contributed by atoms with Gasteiger partial charge in [0, 0.05) is 17.2 Å². The van der Waals surface area contributed by atoms with Gasteiger partial charge in [0.1, 0.15) is 18.9 Å². The number of benzene rings is 2. The zero-order valence-corrected chi connectivity index (χ0v) is 22.6. The molecule has 184 valence electrons. The normalized spacial score (nSPS) is 19.9. The molecule has 0 aliphatic carbocycles. The van der Waals surface area contributed by atoms with Crippen LogP contribution in [0.5, 0.6) is 17.2 Å². The number of carbonyl (C=O) groups is 1. The lowest BCUT2D eigenvalue weighted by Crippen LogP contribution is -3.00. The number of quaternary nitrogens is 1. The van der Waals surface area contributed by atoms with Gasteiger partial charge in [0.25, 0.3) is 0 Å². The van der Waals surface area contributed by atoms with E-state index in [1.54, 1.807) is 25.6 Å². The number of thiophene rings is 1. The fraction of sp³-hybridized carbons (Fsp3) is 0.444. The van der Waals surface area contributed by atoms with Crippen LogP contribution in [0.4, 0.5) is 0 Å². The number of nitrogens with zero attached hydrogens (tertiary/aromatic N) is 1. The SMILES string of the molecule is COc1cc2cc(C(=O)CCC3CC[N+](C)(CCOc4ccccc4)CC3)sc2cc1OC.[Br-]. The van der Waals surface area contributed by atoms with Crippen molar-refractivity contribution in [2.45, 2.75) is 25.7 Å². The Morgan fingerprint density at radius 2 is 1.71 bits per heavy atom. The molecule has 4 rings (SSSR count). The van der Waals surface area contributed by atoms with Crippen LogP contribution in [-0.4, -0.2) is 57.8 Å². The Labute approximate surface area is 217 Å². The Balaban J connectivity index is 0.00000324. The zero-order chi connectivity index (χ0) is 23.3. The Bertz CT molecular complexity index is 1040. The van der Waals surface area contributed by atoms with Gasteiger partial charge in [-0.3, -0.25) is 4.79 Å². The molecule has 0 N–H and O–H groups in total. The van der Waals surface area contributed by atoms with Gasteiger partial charge in [-0.25, -0.2) is 0 Å². The second-order valence-corrected chi connectivity index (χ2v) is 10.3. The number of fused-ring (bicyclic) bond motifs is 1. The van der Waals surface area contributed by atoms with Gasteiger partial charge in [0.2, 0.25) is 0 Å². The summed E-state index contributed by atoms with van der Waals surface area (Å²) in [5.41, 5.74) is 0. The highest BCUT2D eigenvalue weighted by Gasteiger charge is 2.30. The van der Waals surface area contributed by atoms with Crippen molar-refractivity contribution in [3.05, 3.63) is 53.4 Å². The fourth-order valence-corrected chi connectivity index (χ4v) is 5.66. The summed E-state index contributed by atoms with van der Waals surface area (Å²) in [4.78, 5) is 13.7. The fourth-order valence-electron chi connectivity index (χ4n) is 4.62. The van der Waals surface area contributed by atoms with Crippen LogP contribution >= 0.6 is 11.3 Å². The topological polar surface area (TPSA) is 44.8 Å². The average Bonchev–Trinajstić information content (AvgIpc) is 3.26. The Morgan fingerprint density at radius 1 is 1.03 bits per heavy atom. The molecule has 1 aliphatic heterocycles. The first kappa shape index (κ1) is 26.5.